The molecule has 2 N–H and O–H groups in total. The molecule has 0 aromatic heterocycles. The van der Waals surface area contributed by atoms with Crippen molar-refractivity contribution in [2.75, 3.05) is 27.3 Å². The lowest BCUT2D eigenvalue weighted by molar-refractivity contribution is 0.0732. The molecule has 0 unspecified atom stereocenters. The molecular formula is C18H30IN3O. The highest BCUT2D eigenvalue weighted by atomic mass is 127. The fourth-order valence-electron chi connectivity index (χ4n) is 3.01. The van der Waals surface area contributed by atoms with E-state index < -0.39 is 0 Å². The Labute approximate surface area is 157 Å². The number of methoxy groups -OCH3 is 1. The summed E-state index contributed by atoms with van der Waals surface area (Å²) in [4.78, 5) is 4.33. The van der Waals surface area contributed by atoms with E-state index in [2.05, 4.69) is 46.8 Å². The Morgan fingerprint density at radius 2 is 2.09 bits per heavy atom. The fourth-order valence-corrected chi connectivity index (χ4v) is 3.01. The minimum absolute atomic E-state index is 0. The van der Waals surface area contributed by atoms with Gasteiger partial charge in [-0.2, -0.15) is 0 Å². The molecule has 0 bridgehead atoms. The largest absolute Gasteiger partial charge is 0.385 e. The molecule has 23 heavy (non-hydrogen) atoms. The first-order chi connectivity index (χ1) is 10.7. The molecular weight excluding hydrogens is 401 g/mol. The highest BCUT2D eigenvalue weighted by molar-refractivity contribution is 14.0. The van der Waals surface area contributed by atoms with Gasteiger partial charge in [0.05, 0.1) is 0 Å². The number of aryl methyl sites for hydroxylation is 1. The van der Waals surface area contributed by atoms with Crippen molar-refractivity contribution < 1.29 is 4.74 Å². The zero-order valence-electron chi connectivity index (χ0n) is 14.5. The van der Waals surface area contributed by atoms with Crippen molar-refractivity contribution in [2.24, 2.45) is 10.4 Å². The van der Waals surface area contributed by atoms with Crippen molar-refractivity contribution in [3.63, 3.8) is 0 Å². The van der Waals surface area contributed by atoms with E-state index in [4.69, 9.17) is 4.74 Å². The van der Waals surface area contributed by atoms with Crippen LogP contribution in [0.15, 0.2) is 29.3 Å². The number of rotatable bonds is 7. The van der Waals surface area contributed by atoms with Gasteiger partial charge in [0.1, 0.15) is 0 Å². The lowest BCUT2D eigenvalue weighted by atomic mass is 9.67. The van der Waals surface area contributed by atoms with Crippen molar-refractivity contribution in [3.8, 4) is 0 Å². The van der Waals surface area contributed by atoms with Crippen LogP contribution in [0.25, 0.3) is 0 Å². The van der Waals surface area contributed by atoms with Crippen LogP contribution in [0.1, 0.15) is 36.8 Å². The van der Waals surface area contributed by atoms with Crippen LogP contribution in [0.2, 0.25) is 0 Å². The van der Waals surface area contributed by atoms with E-state index in [1.165, 1.54) is 30.4 Å². The Bertz CT molecular complexity index is 501. The zero-order chi connectivity index (χ0) is 15.8. The number of guanidine groups is 1. The van der Waals surface area contributed by atoms with E-state index in [1.54, 1.807) is 7.11 Å². The van der Waals surface area contributed by atoms with Crippen LogP contribution in [-0.4, -0.2) is 33.3 Å². The standard InChI is InChI=1S/C18H29N3O.HI/c1-15-6-4-7-16(12-15)13-20-17(19-2)21-14-18(8-5-9-18)10-11-22-3;/h4,6-7,12H,5,8-11,13-14H2,1-3H3,(H2,19,20,21);1H. The smallest absolute Gasteiger partial charge is 0.191 e. The van der Waals surface area contributed by atoms with Crippen LogP contribution < -0.4 is 10.6 Å². The van der Waals surface area contributed by atoms with Gasteiger partial charge in [0.2, 0.25) is 0 Å². The van der Waals surface area contributed by atoms with Crippen molar-refractivity contribution in [3.05, 3.63) is 35.4 Å². The SMILES string of the molecule is CN=C(NCc1cccc(C)c1)NCC1(CCOC)CCC1.I. The maximum Gasteiger partial charge on any atom is 0.191 e. The second-order valence-corrected chi connectivity index (χ2v) is 6.36. The third kappa shape index (κ3) is 6.30. The summed E-state index contributed by atoms with van der Waals surface area (Å²) in [6.45, 7) is 4.74. The van der Waals surface area contributed by atoms with E-state index in [-0.39, 0.29) is 24.0 Å². The van der Waals surface area contributed by atoms with E-state index in [0.717, 1.165) is 32.1 Å². The van der Waals surface area contributed by atoms with Gasteiger partial charge in [-0.1, -0.05) is 36.2 Å². The van der Waals surface area contributed by atoms with Crippen molar-refractivity contribution in [2.45, 2.75) is 39.2 Å². The molecule has 1 aliphatic rings. The van der Waals surface area contributed by atoms with E-state index in [0.29, 0.717) is 5.41 Å². The highest BCUT2D eigenvalue weighted by Crippen LogP contribution is 2.43. The summed E-state index contributed by atoms with van der Waals surface area (Å²) >= 11 is 0. The van der Waals surface area contributed by atoms with Gasteiger partial charge in [-0.25, -0.2) is 0 Å². The predicted octanol–water partition coefficient (Wildman–Crippen LogP) is 3.48. The molecule has 0 radical (unpaired) electrons. The number of benzene rings is 1. The zero-order valence-corrected chi connectivity index (χ0v) is 16.9. The van der Waals surface area contributed by atoms with Gasteiger partial charge in [0.25, 0.3) is 0 Å². The minimum Gasteiger partial charge on any atom is -0.385 e. The third-order valence-electron chi connectivity index (χ3n) is 4.65. The third-order valence-corrected chi connectivity index (χ3v) is 4.65. The molecule has 4 nitrogen and oxygen atoms in total. The van der Waals surface area contributed by atoms with Crippen molar-refractivity contribution in [1.82, 2.24) is 10.6 Å². The Morgan fingerprint density at radius 3 is 2.65 bits per heavy atom. The molecule has 0 atom stereocenters. The van der Waals surface area contributed by atoms with Gasteiger partial charge in [0.15, 0.2) is 5.96 Å². The molecule has 1 aromatic rings. The molecule has 2 rings (SSSR count). The summed E-state index contributed by atoms with van der Waals surface area (Å²) in [5.74, 6) is 0.880. The van der Waals surface area contributed by atoms with Gasteiger partial charge >= 0.3 is 0 Å². The predicted molar refractivity (Wildman–Crippen MR) is 108 cm³/mol. The average molecular weight is 431 g/mol. The normalized spacial score (nSPS) is 16.2. The molecule has 5 heteroatoms. The van der Waals surface area contributed by atoms with E-state index in [1.807, 2.05) is 7.05 Å². The van der Waals surface area contributed by atoms with E-state index in [9.17, 15) is 0 Å². The summed E-state index contributed by atoms with van der Waals surface area (Å²) in [5, 5.41) is 6.89. The van der Waals surface area contributed by atoms with Crippen LogP contribution in [0, 0.1) is 12.3 Å². The summed E-state index contributed by atoms with van der Waals surface area (Å²) < 4.78 is 5.25. The lowest BCUT2D eigenvalue weighted by Gasteiger charge is -2.42. The van der Waals surface area contributed by atoms with Crippen LogP contribution in [-0.2, 0) is 11.3 Å². The van der Waals surface area contributed by atoms with Crippen LogP contribution in [0.4, 0.5) is 0 Å². The molecule has 1 aromatic carbocycles. The average Bonchev–Trinajstić information content (AvgIpc) is 2.48. The second kappa shape index (κ2) is 10.1. The first-order valence-electron chi connectivity index (χ1n) is 8.16. The quantitative estimate of drug-likeness (QED) is 0.395. The van der Waals surface area contributed by atoms with Crippen molar-refractivity contribution >= 4 is 29.9 Å². The number of aliphatic imine (C=N–C) groups is 1. The monoisotopic (exact) mass is 431 g/mol. The first kappa shape index (κ1) is 20.2. The van der Waals surface area contributed by atoms with Gasteiger partial charge < -0.3 is 15.4 Å². The summed E-state index contributed by atoms with van der Waals surface area (Å²) in [6.07, 6.45) is 5.04. The van der Waals surface area contributed by atoms with Crippen LogP contribution in [0.3, 0.4) is 0 Å². The molecule has 0 saturated heterocycles. The van der Waals surface area contributed by atoms with Gasteiger partial charge in [-0.15, -0.1) is 24.0 Å². The number of nitrogens with zero attached hydrogens (tertiary/aromatic N) is 1. The molecule has 1 aliphatic carbocycles. The number of halogens is 1. The Balaban J connectivity index is 0.00000264. The molecule has 0 amide bonds. The molecule has 1 saturated carbocycles. The lowest BCUT2D eigenvalue weighted by Crippen LogP contribution is -2.46. The molecule has 1 fully saturated rings. The second-order valence-electron chi connectivity index (χ2n) is 6.36. The van der Waals surface area contributed by atoms with Gasteiger partial charge in [0, 0.05) is 33.9 Å². The molecule has 130 valence electrons. The van der Waals surface area contributed by atoms with Gasteiger partial charge in [-0.05, 0) is 37.2 Å². The van der Waals surface area contributed by atoms with Crippen LogP contribution >= 0.6 is 24.0 Å². The molecule has 0 aliphatic heterocycles. The maximum absolute atomic E-state index is 5.25. The fraction of sp³-hybridized carbons (Fsp3) is 0.611. The van der Waals surface area contributed by atoms with Crippen LogP contribution in [0.5, 0.6) is 0 Å². The number of hydrogen-bond donors (Lipinski definition) is 2. The summed E-state index contributed by atoms with van der Waals surface area (Å²) in [7, 11) is 3.61. The Kier molecular flexibility index (Phi) is 8.91. The Hall–Kier alpha value is -0.820. The Morgan fingerprint density at radius 1 is 1.30 bits per heavy atom. The minimum atomic E-state index is 0. The number of nitrogens with one attached hydrogen (secondary N) is 2. The molecule has 0 heterocycles. The number of hydrogen-bond acceptors (Lipinski definition) is 2. The topological polar surface area (TPSA) is 45.7 Å². The van der Waals surface area contributed by atoms with Crippen molar-refractivity contribution in [1.29, 1.82) is 0 Å². The summed E-state index contributed by atoms with van der Waals surface area (Å²) in [5.41, 5.74) is 2.97. The highest BCUT2D eigenvalue weighted by Gasteiger charge is 2.36. The molecule has 0 spiro atoms. The van der Waals surface area contributed by atoms with Gasteiger partial charge in [-0.3, -0.25) is 4.99 Å². The summed E-state index contributed by atoms with van der Waals surface area (Å²) in [6, 6.07) is 8.55. The maximum atomic E-state index is 5.25. The first-order valence-corrected chi connectivity index (χ1v) is 8.16. The van der Waals surface area contributed by atoms with E-state index >= 15 is 0 Å². The number of ether oxygens (including phenoxy) is 1.